The summed E-state index contributed by atoms with van der Waals surface area (Å²) in [6.45, 7) is 1.85. The highest BCUT2D eigenvalue weighted by atomic mass is 79.9. The van der Waals surface area contributed by atoms with Crippen LogP contribution in [0.25, 0.3) is 23.1 Å². The smallest absolute Gasteiger partial charge is 0.238 e. The molecule has 4 aromatic rings. The van der Waals surface area contributed by atoms with Crippen LogP contribution in [0.4, 0.5) is 0 Å². The number of fused-ring (bicyclic) bond motifs is 1. The Morgan fingerprint density at radius 2 is 1.46 bits per heavy atom. The standard InChI is InChI=1S/C23H18BrNO2S/c1-17-21(16-13-18-11-14-19(24)15-12-18)22-9-5-6-10-23(22)25(17)28(26,27)20-7-3-2-4-8-20/h2-16H,1H3. The predicted octanol–water partition coefficient (Wildman–Crippen LogP) is 6.12. The quantitative estimate of drug-likeness (QED) is 0.374. The Morgan fingerprint density at radius 3 is 2.18 bits per heavy atom. The van der Waals surface area contributed by atoms with E-state index in [2.05, 4.69) is 15.9 Å². The molecular weight excluding hydrogens is 434 g/mol. The average Bonchev–Trinajstić information content (AvgIpc) is 3.00. The number of nitrogens with zero attached hydrogens (tertiary/aromatic N) is 1. The van der Waals surface area contributed by atoms with E-state index in [0.717, 1.165) is 21.0 Å². The first-order valence-electron chi connectivity index (χ1n) is 8.83. The second-order valence-corrected chi connectivity index (χ2v) is 9.19. The van der Waals surface area contributed by atoms with Gasteiger partial charge < -0.3 is 0 Å². The molecule has 0 spiro atoms. The molecule has 0 fully saturated rings. The lowest BCUT2D eigenvalue weighted by Crippen LogP contribution is -2.14. The van der Waals surface area contributed by atoms with Crippen LogP contribution >= 0.6 is 15.9 Å². The molecule has 0 aliphatic heterocycles. The summed E-state index contributed by atoms with van der Waals surface area (Å²) >= 11 is 3.44. The number of para-hydroxylation sites is 1. The number of benzene rings is 3. The molecule has 0 saturated carbocycles. The van der Waals surface area contributed by atoms with Gasteiger partial charge in [-0.3, -0.25) is 0 Å². The van der Waals surface area contributed by atoms with Gasteiger partial charge in [0, 0.05) is 21.1 Å². The van der Waals surface area contributed by atoms with Gasteiger partial charge in [0.15, 0.2) is 0 Å². The zero-order chi connectivity index (χ0) is 19.7. The van der Waals surface area contributed by atoms with E-state index in [9.17, 15) is 8.42 Å². The van der Waals surface area contributed by atoms with E-state index in [4.69, 9.17) is 0 Å². The Balaban J connectivity index is 1.90. The zero-order valence-corrected chi connectivity index (χ0v) is 17.6. The van der Waals surface area contributed by atoms with Crippen LogP contribution in [0.15, 0.2) is 88.2 Å². The zero-order valence-electron chi connectivity index (χ0n) is 15.2. The minimum absolute atomic E-state index is 0.280. The Kier molecular flexibility index (Phi) is 4.96. The highest BCUT2D eigenvalue weighted by Crippen LogP contribution is 2.31. The molecule has 5 heteroatoms. The molecular formula is C23H18BrNO2S. The van der Waals surface area contributed by atoms with Gasteiger partial charge in [-0.15, -0.1) is 0 Å². The first-order valence-corrected chi connectivity index (χ1v) is 11.1. The molecule has 0 atom stereocenters. The van der Waals surface area contributed by atoms with Gasteiger partial charge >= 0.3 is 0 Å². The topological polar surface area (TPSA) is 39.1 Å². The second-order valence-electron chi connectivity index (χ2n) is 6.48. The van der Waals surface area contributed by atoms with Crippen molar-refractivity contribution in [3.8, 4) is 0 Å². The molecule has 1 heterocycles. The lowest BCUT2D eigenvalue weighted by Gasteiger charge is -2.10. The molecule has 0 N–H and O–H groups in total. The molecule has 0 saturated heterocycles. The lowest BCUT2D eigenvalue weighted by atomic mass is 10.1. The SMILES string of the molecule is Cc1c(C=Cc2ccc(Br)cc2)c2ccccc2n1S(=O)(=O)c1ccccc1. The molecule has 0 radical (unpaired) electrons. The Morgan fingerprint density at radius 1 is 0.821 bits per heavy atom. The van der Waals surface area contributed by atoms with E-state index in [1.165, 1.54) is 3.97 Å². The van der Waals surface area contributed by atoms with Crippen LogP contribution in [0.3, 0.4) is 0 Å². The monoisotopic (exact) mass is 451 g/mol. The van der Waals surface area contributed by atoms with Crippen molar-refractivity contribution in [2.45, 2.75) is 11.8 Å². The van der Waals surface area contributed by atoms with Crippen molar-refractivity contribution < 1.29 is 8.42 Å². The van der Waals surface area contributed by atoms with Crippen molar-refractivity contribution in [1.82, 2.24) is 3.97 Å². The van der Waals surface area contributed by atoms with E-state index in [-0.39, 0.29) is 4.90 Å². The maximum absolute atomic E-state index is 13.3. The fourth-order valence-electron chi connectivity index (χ4n) is 3.33. The number of halogens is 1. The first-order chi connectivity index (χ1) is 13.5. The maximum Gasteiger partial charge on any atom is 0.268 e. The summed E-state index contributed by atoms with van der Waals surface area (Å²) in [7, 11) is -3.69. The molecule has 0 amide bonds. The number of hydrogen-bond donors (Lipinski definition) is 0. The van der Waals surface area contributed by atoms with Gasteiger partial charge in [-0.1, -0.05) is 76.6 Å². The molecule has 0 bridgehead atoms. The van der Waals surface area contributed by atoms with Crippen LogP contribution < -0.4 is 0 Å². The molecule has 0 unspecified atom stereocenters. The van der Waals surface area contributed by atoms with Crippen molar-refractivity contribution in [1.29, 1.82) is 0 Å². The molecule has 140 valence electrons. The molecule has 0 aliphatic rings. The molecule has 3 aromatic carbocycles. The predicted molar refractivity (Wildman–Crippen MR) is 119 cm³/mol. The third-order valence-electron chi connectivity index (χ3n) is 4.70. The van der Waals surface area contributed by atoms with Crippen LogP contribution in [-0.4, -0.2) is 12.4 Å². The fourth-order valence-corrected chi connectivity index (χ4v) is 5.19. The number of aromatic nitrogens is 1. The minimum atomic E-state index is -3.69. The van der Waals surface area contributed by atoms with E-state index >= 15 is 0 Å². The molecule has 0 aliphatic carbocycles. The van der Waals surface area contributed by atoms with E-state index in [1.807, 2.05) is 73.7 Å². The molecule has 3 nitrogen and oxygen atoms in total. The summed E-state index contributed by atoms with van der Waals surface area (Å²) in [6, 6.07) is 24.1. The van der Waals surface area contributed by atoms with Gasteiger partial charge in [-0.25, -0.2) is 12.4 Å². The van der Waals surface area contributed by atoms with Crippen LogP contribution in [0.1, 0.15) is 16.8 Å². The van der Waals surface area contributed by atoms with E-state index in [1.54, 1.807) is 24.3 Å². The third-order valence-corrected chi connectivity index (χ3v) is 7.05. The second kappa shape index (κ2) is 7.41. The van der Waals surface area contributed by atoms with Crippen LogP contribution in [0.5, 0.6) is 0 Å². The normalized spacial score (nSPS) is 12.1. The van der Waals surface area contributed by atoms with Crippen molar-refractivity contribution in [3.63, 3.8) is 0 Å². The number of rotatable bonds is 4. The van der Waals surface area contributed by atoms with E-state index in [0.29, 0.717) is 11.2 Å². The first kappa shape index (κ1) is 18.7. The summed E-state index contributed by atoms with van der Waals surface area (Å²) in [5.41, 5.74) is 3.32. The van der Waals surface area contributed by atoms with E-state index < -0.39 is 10.0 Å². The van der Waals surface area contributed by atoms with Crippen LogP contribution in [0, 0.1) is 6.92 Å². The van der Waals surface area contributed by atoms with Crippen LogP contribution in [0.2, 0.25) is 0 Å². The third kappa shape index (κ3) is 3.32. The lowest BCUT2D eigenvalue weighted by molar-refractivity contribution is 0.588. The molecule has 1 aromatic heterocycles. The van der Waals surface area contributed by atoms with Gasteiger partial charge in [0.1, 0.15) is 0 Å². The Bertz CT molecular complexity index is 1270. The van der Waals surface area contributed by atoms with Gasteiger partial charge in [0.05, 0.1) is 10.4 Å². The Labute approximate surface area is 173 Å². The summed E-state index contributed by atoms with van der Waals surface area (Å²) < 4.78 is 29.1. The molecule has 4 rings (SSSR count). The largest absolute Gasteiger partial charge is 0.268 e. The summed E-state index contributed by atoms with van der Waals surface area (Å²) in [5, 5.41) is 0.910. The highest BCUT2D eigenvalue weighted by Gasteiger charge is 2.23. The van der Waals surface area contributed by atoms with Crippen molar-refractivity contribution in [2.75, 3.05) is 0 Å². The summed E-state index contributed by atoms with van der Waals surface area (Å²) in [6.07, 6.45) is 3.98. The summed E-state index contributed by atoms with van der Waals surface area (Å²) in [4.78, 5) is 0.280. The number of hydrogen-bond acceptors (Lipinski definition) is 2. The van der Waals surface area contributed by atoms with Crippen molar-refractivity contribution in [3.05, 3.63) is 100 Å². The van der Waals surface area contributed by atoms with Crippen LogP contribution in [-0.2, 0) is 10.0 Å². The fraction of sp³-hybridized carbons (Fsp3) is 0.0435. The summed E-state index contributed by atoms with van der Waals surface area (Å²) in [5.74, 6) is 0. The van der Waals surface area contributed by atoms with Crippen molar-refractivity contribution in [2.24, 2.45) is 0 Å². The van der Waals surface area contributed by atoms with Crippen molar-refractivity contribution >= 4 is 49.0 Å². The van der Waals surface area contributed by atoms with Gasteiger partial charge in [-0.2, -0.15) is 0 Å². The maximum atomic E-state index is 13.3. The van der Waals surface area contributed by atoms with Gasteiger partial charge in [-0.05, 0) is 42.8 Å². The minimum Gasteiger partial charge on any atom is -0.238 e. The molecule has 28 heavy (non-hydrogen) atoms. The van der Waals surface area contributed by atoms with Gasteiger partial charge in [0.25, 0.3) is 10.0 Å². The average molecular weight is 452 g/mol. The highest BCUT2D eigenvalue weighted by molar-refractivity contribution is 9.10. The van der Waals surface area contributed by atoms with Gasteiger partial charge in [0.2, 0.25) is 0 Å². The Hall–Kier alpha value is -2.63.